The molecule has 3 heterocycles. The Morgan fingerprint density at radius 2 is 1.94 bits per heavy atom. The van der Waals surface area contributed by atoms with Crippen LogP contribution in [0.1, 0.15) is 15.6 Å². The van der Waals surface area contributed by atoms with Gasteiger partial charge in [-0.05, 0) is 36.4 Å². The molecule has 0 saturated heterocycles. The maximum Gasteiger partial charge on any atom is 0.433 e. The number of thiazole rings is 2. The molecule has 164 valence electrons. The number of benzene rings is 2. The van der Waals surface area contributed by atoms with E-state index in [0.717, 1.165) is 14.4 Å². The Balaban J connectivity index is 1.56. The van der Waals surface area contributed by atoms with Gasteiger partial charge in [-0.3, -0.25) is 14.9 Å². The third kappa shape index (κ3) is 4.04. The number of para-hydroxylation sites is 1. The number of hydrogen-bond acceptors (Lipinski definition) is 10. The molecule has 5 rings (SSSR count). The molecule has 0 fully saturated rings. The predicted molar refractivity (Wildman–Crippen MR) is 126 cm³/mol. The first kappa shape index (κ1) is 20.7. The topological polar surface area (TPSA) is 124 Å². The summed E-state index contributed by atoms with van der Waals surface area (Å²) in [6.45, 7) is 0. The van der Waals surface area contributed by atoms with Crippen LogP contribution in [0, 0.1) is 10.1 Å². The average Bonchev–Trinajstić information content (AvgIpc) is 3.56. The fraction of sp³-hybridized carbons (Fsp3) is 0.0476. The van der Waals surface area contributed by atoms with Crippen molar-refractivity contribution < 1.29 is 18.9 Å². The Labute approximate surface area is 193 Å². The first-order valence-electron chi connectivity index (χ1n) is 9.44. The van der Waals surface area contributed by atoms with Crippen LogP contribution in [0.2, 0.25) is 0 Å². The molecule has 0 saturated carbocycles. The molecule has 0 spiro atoms. The molecule has 10 nitrogen and oxygen atoms in total. The number of amides is 1. The van der Waals surface area contributed by atoms with Gasteiger partial charge in [0.05, 0.1) is 39.8 Å². The maximum atomic E-state index is 13.4. The van der Waals surface area contributed by atoms with Crippen LogP contribution in [-0.2, 0) is 0 Å². The molecule has 1 amide bonds. The molecule has 0 unspecified atom stereocenters. The minimum Gasteiger partial charge on any atom is -0.497 e. The predicted octanol–water partition coefficient (Wildman–Crippen LogP) is 5.10. The van der Waals surface area contributed by atoms with Gasteiger partial charge in [-0.2, -0.15) is 10.1 Å². The standard InChI is InChI=1S/C21H13N5O5S2/c1-30-12-6-8-15-17(10-12)33-21(24-15)25(22-11-13-7-9-18(31-13)26(28)29)20(27)19-23-14-4-2-3-5-16(14)32-19/h2-11H,1H3/b22-11+. The first-order chi connectivity index (χ1) is 16.0. The second-order valence-corrected chi connectivity index (χ2v) is 8.65. The van der Waals surface area contributed by atoms with Crippen molar-refractivity contribution in [3.63, 3.8) is 0 Å². The van der Waals surface area contributed by atoms with Crippen molar-refractivity contribution >= 4 is 66.2 Å². The molecule has 5 aromatic rings. The molecule has 0 aliphatic heterocycles. The molecule has 0 aliphatic rings. The fourth-order valence-electron chi connectivity index (χ4n) is 2.98. The van der Waals surface area contributed by atoms with E-state index in [1.807, 2.05) is 30.3 Å². The van der Waals surface area contributed by atoms with E-state index in [2.05, 4.69) is 15.1 Å². The molecular weight excluding hydrogens is 466 g/mol. The number of aromatic nitrogens is 2. The lowest BCUT2D eigenvalue weighted by molar-refractivity contribution is -0.402. The summed E-state index contributed by atoms with van der Waals surface area (Å²) in [6, 6.07) is 15.4. The molecular formula is C21H13N5O5S2. The minimum atomic E-state index is -0.650. The number of hydrogen-bond donors (Lipinski definition) is 0. The van der Waals surface area contributed by atoms with E-state index in [1.54, 1.807) is 19.2 Å². The highest BCUT2D eigenvalue weighted by Crippen LogP contribution is 2.33. The summed E-state index contributed by atoms with van der Waals surface area (Å²) >= 11 is 2.49. The number of nitrogens with zero attached hydrogens (tertiary/aromatic N) is 5. The summed E-state index contributed by atoms with van der Waals surface area (Å²) < 4.78 is 12.0. The third-order valence-corrected chi connectivity index (χ3v) is 6.55. The lowest BCUT2D eigenvalue weighted by atomic mass is 10.3. The monoisotopic (exact) mass is 479 g/mol. The Morgan fingerprint density at radius 3 is 2.70 bits per heavy atom. The summed E-state index contributed by atoms with van der Waals surface area (Å²) in [7, 11) is 1.57. The van der Waals surface area contributed by atoms with Crippen LogP contribution in [0.5, 0.6) is 5.75 Å². The SMILES string of the molecule is COc1ccc2nc(N(/N=C/c3ccc([N+](=O)[O-])o3)C(=O)c3nc4ccccc4s3)sc2c1. The minimum absolute atomic E-state index is 0.117. The summed E-state index contributed by atoms with van der Waals surface area (Å²) in [5, 5.41) is 16.8. The van der Waals surface area contributed by atoms with Crippen molar-refractivity contribution in [1.29, 1.82) is 0 Å². The van der Waals surface area contributed by atoms with Crippen molar-refractivity contribution in [2.45, 2.75) is 0 Å². The summed E-state index contributed by atoms with van der Waals surface area (Å²) in [5.41, 5.74) is 1.37. The highest BCUT2D eigenvalue weighted by Gasteiger charge is 2.24. The Kier molecular flexibility index (Phi) is 5.28. The number of hydrazone groups is 1. The van der Waals surface area contributed by atoms with E-state index < -0.39 is 16.7 Å². The van der Waals surface area contributed by atoms with Crippen LogP contribution in [0.4, 0.5) is 11.0 Å². The molecule has 2 aromatic carbocycles. The highest BCUT2D eigenvalue weighted by atomic mass is 32.1. The van der Waals surface area contributed by atoms with E-state index in [4.69, 9.17) is 9.15 Å². The smallest absolute Gasteiger partial charge is 0.433 e. The molecule has 0 aliphatic carbocycles. The number of fused-ring (bicyclic) bond motifs is 2. The van der Waals surface area contributed by atoms with Crippen LogP contribution in [0.25, 0.3) is 20.4 Å². The normalized spacial score (nSPS) is 11.4. The van der Waals surface area contributed by atoms with E-state index in [0.29, 0.717) is 21.9 Å². The van der Waals surface area contributed by atoms with Gasteiger partial charge in [0, 0.05) is 0 Å². The lowest BCUT2D eigenvalue weighted by Crippen LogP contribution is -2.25. The Morgan fingerprint density at radius 1 is 1.12 bits per heavy atom. The summed E-state index contributed by atoms with van der Waals surface area (Å²) in [6.07, 6.45) is 1.23. The molecule has 0 radical (unpaired) electrons. The number of carbonyl (C=O) groups is 1. The molecule has 12 heteroatoms. The van der Waals surface area contributed by atoms with Gasteiger partial charge in [-0.15, -0.1) is 11.3 Å². The van der Waals surface area contributed by atoms with Crippen molar-refractivity contribution in [3.8, 4) is 5.75 Å². The van der Waals surface area contributed by atoms with Crippen molar-refractivity contribution in [3.05, 3.63) is 75.5 Å². The number of methoxy groups -OCH3 is 1. The number of nitro groups is 1. The van der Waals surface area contributed by atoms with Crippen LogP contribution in [0.3, 0.4) is 0 Å². The highest BCUT2D eigenvalue weighted by molar-refractivity contribution is 7.23. The first-order valence-corrected chi connectivity index (χ1v) is 11.1. The second kappa shape index (κ2) is 8.41. The molecule has 33 heavy (non-hydrogen) atoms. The largest absolute Gasteiger partial charge is 0.497 e. The van der Waals surface area contributed by atoms with Gasteiger partial charge in [0.15, 0.2) is 10.8 Å². The van der Waals surface area contributed by atoms with E-state index >= 15 is 0 Å². The average molecular weight is 479 g/mol. The van der Waals surface area contributed by atoms with Gasteiger partial charge in [0.2, 0.25) is 5.13 Å². The van der Waals surface area contributed by atoms with Crippen molar-refractivity contribution in [2.75, 3.05) is 12.1 Å². The number of furan rings is 1. The Hall–Kier alpha value is -4.16. The zero-order valence-electron chi connectivity index (χ0n) is 16.9. The second-order valence-electron chi connectivity index (χ2n) is 6.61. The van der Waals surface area contributed by atoms with Crippen LogP contribution < -0.4 is 9.75 Å². The van der Waals surface area contributed by atoms with E-state index in [9.17, 15) is 14.9 Å². The van der Waals surface area contributed by atoms with Crippen molar-refractivity contribution in [1.82, 2.24) is 9.97 Å². The zero-order chi connectivity index (χ0) is 22.9. The zero-order valence-corrected chi connectivity index (χ0v) is 18.5. The molecule has 0 N–H and O–H groups in total. The summed E-state index contributed by atoms with van der Waals surface area (Å²) in [5.74, 6) is -0.133. The van der Waals surface area contributed by atoms with Gasteiger partial charge in [0.1, 0.15) is 10.7 Å². The third-order valence-electron chi connectivity index (χ3n) is 4.53. The van der Waals surface area contributed by atoms with Crippen molar-refractivity contribution in [2.24, 2.45) is 5.10 Å². The molecule has 0 bridgehead atoms. The van der Waals surface area contributed by atoms with Gasteiger partial charge in [-0.1, -0.05) is 23.5 Å². The van der Waals surface area contributed by atoms with Gasteiger partial charge < -0.3 is 9.15 Å². The maximum absolute atomic E-state index is 13.4. The summed E-state index contributed by atoms with van der Waals surface area (Å²) in [4.78, 5) is 32.6. The van der Waals surface area contributed by atoms with Crippen LogP contribution >= 0.6 is 22.7 Å². The molecule has 3 aromatic heterocycles. The van der Waals surface area contributed by atoms with Crippen LogP contribution in [-0.4, -0.2) is 34.1 Å². The lowest BCUT2D eigenvalue weighted by Gasteiger charge is -2.11. The number of anilines is 1. The quantitative estimate of drug-likeness (QED) is 0.189. The van der Waals surface area contributed by atoms with E-state index in [1.165, 1.54) is 41.0 Å². The Bertz CT molecular complexity index is 1500. The number of carbonyl (C=O) groups excluding carboxylic acids is 1. The number of rotatable bonds is 6. The van der Waals surface area contributed by atoms with E-state index in [-0.39, 0.29) is 10.8 Å². The molecule has 0 atom stereocenters. The fourth-order valence-corrected chi connectivity index (χ4v) is 4.82. The van der Waals surface area contributed by atoms with Crippen LogP contribution in [0.15, 0.2) is 64.1 Å². The van der Waals surface area contributed by atoms with Gasteiger partial charge in [0.25, 0.3) is 0 Å². The van der Waals surface area contributed by atoms with Gasteiger partial charge >= 0.3 is 11.8 Å². The van der Waals surface area contributed by atoms with Gasteiger partial charge in [-0.25, -0.2) is 9.97 Å². The number of ether oxygens (including phenoxy) is 1.